The van der Waals surface area contributed by atoms with Gasteiger partial charge in [0.05, 0.1) is 13.2 Å². The molecule has 0 aliphatic heterocycles. The number of carbonyl (C=O) groups is 1. The summed E-state index contributed by atoms with van der Waals surface area (Å²) >= 11 is 0. The van der Waals surface area contributed by atoms with Crippen LogP contribution in [-0.2, 0) is 18.0 Å². The third kappa shape index (κ3) is 3.50. The van der Waals surface area contributed by atoms with Crippen molar-refractivity contribution in [3.8, 4) is 0 Å². The molecule has 1 heterocycles. The van der Waals surface area contributed by atoms with Crippen molar-refractivity contribution in [1.29, 1.82) is 0 Å². The SMILES string of the molecule is O=Cc1ccc(COCc2cccnc2)cc1. The van der Waals surface area contributed by atoms with Crippen molar-refractivity contribution in [2.45, 2.75) is 13.2 Å². The van der Waals surface area contributed by atoms with Crippen LogP contribution in [0.25, 0.3) is 0 Å². The summed E-state index contributed by atoms with van der Waals surface area (Å²) in [6, 6.07) is 11.2. The summed E-state index contributed by atoms with van der Waals surface area (Å²) in [4.78, 5) is 14.5. The molecule has 0 saturated heterocycles. The highest BCUT2D eigenvalue weighted by molar-refractivity contribution is 5.74. The number of rotatable bonds is 5. The first-order valence-corrected chi connectivity index (χ1v) is 5.39. The summed E-state index contributed by atoms with van der Waals surface area (Å²) in [5, 5.41) is 0. The molecule has 86 valence electrons. The van der Waals surface area contributed by atoms with Gasteiger partial charge in [-0.05, 0) is 17.2 Å². The summed E-state index contributed by atoms with van der Waals surface area (Å²) in [6.07, 6.45) is 4.36. The van der Waals surface area contributed by atoms with Crippen LogP contribution in [0.2, 0.25) is 0 Å². The Kier molecular flexibility index (Phi) is 4.00. The summed E-state index contributed by atoms with van der Waals surface area (Å²) in [5.41, 5.74) is 2.79. The normalized spacial score (nSPS) is 10.1. The summed E-state index contributed by atoms with van der Waals surface area (Å²) < 4.78 is 5.55. The van der Waals surface area contributed by atoms with Gasteiger partial charge in [-0.15, -0.1) is 0 Å². The maximum Gasteiger partial charge on any atom is 0.150 e. The van der Waals surface area contributed by atoms with Crippen LogP contribution in [0.5, 0.6) is 0 Å². The molecule has 0 unspecified atom stereocenters. The fraction of sp³-hybridized carbons (Fsp3) is 0.143. The fourth-order valence-corrected chi connectivity index (χ4v) is 1.46. The Labute approximate surface area is 100 Å². The zero-order valence-electron chi connectivity index (χ0n) is 9.37. The Balaban J connectivity index is 1.84. The Morgan fingerprint density at radius 3 is 2.47 bits per heavy atom. The second-order valence-corrected chi connectivity index (χ2v) is 3.71. The van der Waals surface area contributed by atoms with Gasteiger partial charge in [-0.3, -0.25) is 9.78 Å². The smallest absolute Gasteiger partial charge is 0.150 e. The van der Waals surface area contributed by atoms with E-state index in [1.165, 1.54) is 0 Å². The van der Waals surface area contributed by atoms with Gasteiger partial charge in [0.1, 0.15) is 6.29 Å². The first-order valence-electron chi connectivity index (χ1n) is 5.39. The molecular weight excluding hydrogens is 214 g/mol. The van der Waals surface area contributed by atoms with E-state index in [1.54, 1.807) is 24.5 Å². The summed E-state index contributed by atoms with van der Waals surface area (Å²) in [5.74, 6) is 0. The molecule has 17 heavy (non-hydrogen) atoms. The Bertz CT molecular complexity index is 465. The lowest BCUT2D eigenvalue weighted by Crippen LogP contribution is -1.94. The number of aromatic nitrogens is 1. The Hall–Kier alpha value is -2.00. The van der Waals surface area contributed by atoms with E-state index in [9.17, 15) is 4.79 Å². The van der Waals surface area contributed by atoms with E-state index in [1.807, 2.05) is 24.3 Å². The third-order valence-electron chi connectivity index (χ3n) is 2.38. The number of aldehydes is 1. The maximum absolute atomic E-state index is 10.5. The molecule has 1 aromatic heterocycles. The Morgan fingerprint density at radius 2 is 1.82 bits per heavy atom. The van der Waals surface area contributed by atoms with Crippen LogP contribution >= 0.6 is 0 Å². The second-order valence-electron chi connectivity index (χ2n) is 3.71. The van der Waals surface area contributed by atoms with Crippen molar-refractivity contribution >= 4 is 6.29 Å². The van der Waals surface area contributed by atoms with Crippen molar-refractivity contribution in [3.63, 3.8) is 0 Å². The molecule has 0 N–H and O–H groups in total. The highest BCUT2D eigenvalue weighted by Gasteiger charge is 1.96. The molecule has 0 aliphatic carbocycles. The third-order valence-corrected chi connectivity index (χ3v) is 2.38. The number of hydrogen-bond acceptors (Lipinski definition) is 3. The molecule has 0 bridgehead atoms. The minimum absolute atomic E-state index is 0.536. The molecule has 3 nitrogen and oxygen atoms in total. The van der Waals surface area contributed by atoms with Gasteiger partial charge in [0.15, 0.2) is 0 Å². The van der Waals surface area contributed by atoms with Crippen molar-refractivity contribution in [3.05, 3.63) is 65.5 Å². The van der Waals surface area contributed by atoms with Crippen LogP contribution in [-0.4, -0.2) is 11.3 Å². The van der Waals surface area contributed by atoms with Crippen molar-refractivity contribution < 1.29 is 9.53 Å². The monoisotopic (exact) mass is 227 g/mol. The highest BCUT2D eigenvalue weighted by Crippen LogP contribution is 2.06. The maximum atomic E-state index is 10.5. The van der Waals surface area contributed by atoms with E-state index < -0.39 is 0 Å². The second kappa shape index (κ2) is 5.92. The fourth-order valence-electron chi connectivity index (χ4n) is 1.46. The lowest BCUT2D eigenvalue weighted by molar-refractivity contribution is 0.107. The van der Waals surface area contributed by atoms with Gasteiger partial charge in [-0.1, -0.05) is 30.3 Å². The molecule has 0 saturated carbocycles. The van der Waals surface area contributed by atoms with Gasteiger partial charge in [0, 0.05) is 18.0 Å². The molecule has 0 amide bonds. The lowest BCUT2D eigenvalue weighted by Gasteiger charge is -2.04. The van der Waals surface area contributed by atoms with Crippen molar-refractivity contribution in [2.24, 2.45) is 0 Å². The predicted octanol–water partition coefficient (Wildman–Crippen LogP) is 2.61. The minimum atomic E-state index is 0.536. The minimum Gasteiger partial charge on any atom is -0.372 e. The van der Waals surface area contributed by atoms with E-state index in [0.29, 0.717) is 18.8 Å². The van der Waals surface area contributed by atoms with Gasteiger partial charge in [-0.25, -0.2) is 0 Å². The summed E-state index contributed by atoms with van der Waals surface area (Å²) in [7, 11) is 0. The topological polar surface area (TPSA) is 39.2 Å². The number of carbonyl (C=O) groups excluding carboxylic acids is 1. The van der Waals surface area contributed by atoms with Crippen LogP contribution in [0.3, 0.4) is 0 Å². The van der Waals surface area contributed by atoms with Gasteiger partial charge < -0.3 is 4.74 Å². The number of nitrogens with zero attached hydrogens (tertiary/aromatic N) is 1. The zero-order valence-corrected chi connectivity index (χ0v) is 9.37. The van der Waals surface area contributed by atoms with E-state index in [-0.39, 0.29) is 0 Å². The molecule has 0 atom stereocenters. The number of pyridine rings is 1. The molecule has 3 heteroatoms. The van der Waals surface area contributed by atoms with Crippen LogP contribution in [0, 0.1) is 0 Å². The van der Waals surface area contributed by atoms with Gasteiger partial charge in [0.25, 0.3) is 0 Å². The lowest BCUT2D eigenvalue weighted by atomic mass is 10.2. The first kappa shape index (κ1) is 11.5. The molecule has 1 aromatic carbocycles. The average molecular weight is 227 g/mol. The quantitative estimate of drug-likeness (QED) is 0.737. The van der Waals surface area contributed by atoms with Gasteiger partial charge >= 0.3 is 0 Å². The summed E-state index contributed by atoms with van der Waals surface area (Å²) in [6.45, 7) is 1.08. The zero-order chi connectivity index (χ0) is 11.9. The van der Waals surface area contributed by atoms with Crippen LogP contribution in [0.4, 0.5) is 0 Å². The van der Waals surface area contributed by atoms with Crippen molar-refractivity contribution in [2.75, 3.05) is 0 Å². The molecule has 0 spiro atoms. The molecule has 0 fully saturated rings. The largest absolute Gasteiger partial charge is 0.372 e. The van der Waals surface area contributed by atoms with Gasteiger partial charge in [-0.2, -0.15) is 0 Å². The number of ether oxygens (including phenoxy) is 1. The average Bonchev–Trinajstić information content (AvgIpc) is 2.41. The molecule has 0 aliphatic rings. The standard InChI is InChI=1S/C14H13NO2/c16-9-12-3-5-13(6-4-12)10-17-11-14-2-1-7-15-8-14/h1-9H,10-11H2. The Morgan fingerprint density at radius 1 is 1.06 bits per heavy atom. The number of hydrogen-bond donors (Lipinski definition) is 0. The van der Waals surface area contributed by atoms with E-state index in [2.05, 4.69) is 4.98 Å². The molecule has 2 aromatic rings. The predicted molar refractivity (Wildman–Crippen MR) is 64.6 cm³/mol. The van der Waals surface area contributed by atoms with Crippen LogP contribution < -0.4 is 0 Å². The van der Waals surface area contributed by atoms with E-state index in [0.717, 1.165) is 17.4 Å². The highest BCUT2D eigenvalue weighted by atomic mass is 16.5. The van der Waals surface area contributed by atoms with Gasteiger partial charge in [0.2, 0.25) is 0 Å². The van der Waals surface area contributed by atoms with Crippen LogP contribution in [0.1, 0.15) is 21.5 Å². The number of benzene rings is 1. The van der Waals surface area contributed by atoms with E-state index in [4.69, 9.17) is 4.74 Å². The van der Waals surface area contributed by atoms with Crippen molar-refractivity contribution in [1.82, 2.24) is 4.98 Å². The molecule has 0 radical (unpaired) electrons. The van der Waals surface area contributed by atoms with Crippen LogP contribution in [0.15, 0.2) is 48.8 Å². The first-order chi connectivity index (χ1) is 8.38. The molecular formula is C14H13NO2. The molecule has 2 rings (SSSR count). The van der Waals surface area contributed by atoms with E-state index >= 15 is 0 Å².